The maximum atomic E-state index is 6.21. The zero-order valence-electron chi connectivity index (χ0n) is 9.02. The van der Waals surface area contributed by atoms with Crippen LogP contribution in [0.3, 0.4) is 0 Å². The van der Waals surface area contributed by atoms with E-state index in [0.717, 1.165) is 17.0 Å². The molecule has 3 N–H and O–H groups in total. The van der Waals surface area contributed by atoms with Gasteiger partial charge in [-0.15, -0.1) is 0 Å². The second kappa shape index (κ2) is 3.87. The molecule has 0 unspecified atom stereocenters. The molecule has 80 valence electrons. The van der Waals surface area contributed by atoms with Crippen LogP contribution in [0.2, 0.25) is 5.02 Å². The van der Waals surface area contributed by atoms with Crippen molar-refractivity contribution >= 4 is 22.5 Å². The molecule has 0 aliphatic carbocycles. The molecule has 0 radical (unpaired) electrons. The Bertz CT molecular complexity index is 500. The summed E-state index contributed by atoms with van der Waals surface area (Å²) in [6.07, 6.45) is 0.874. The van der Waals surface area contributed by atoms with Gasteiger partial charge in [-0.3, -0.25) is 0 Å². The van der Waals surface area contributed by atoms with Crippen LogP contribution in [-0.2, 0) is 6.42 Å². The van der Waals surface area contributed by atoms with Crippen LogP contribution in [0.5, 0.6) is 0 Å². The van der Waals surface area contributed by atoms with Gasteiger partial charge in [0.1, 0.15) is 0 Å². The predicted octanol–water partition coefficient (Wildman–Crippen LogP) is 2.94. The molecule has 0 amide bonds. The molecule has 1 aromatic carbocycles. The molecule has 0 fully saturated rings. The van der Waals surface area contributed by atoms with Crippen molar-refractivity contribution in [1.29, 1.82) is 0 Å². The van der Waals surface area contributed by atoms with Crippen LogP contribution >= 0.6 is 11.6 Å². The van der Waals surface area contributed by atoms with E-state index in [1.807, 2.05) is 6.07 Å². The number of aromatic amines is 1. The van der Waals surface area contributed by atoms with Gasteiger partial charge < -0.3 is 10.7 Å². The number of halogens is 1. The van der Waals surface area contributed by atoms with Gasteiger partial charge in [0, 0.05) is 11.1 Å². The smallest absolute Gasteiger partial charge is 0.0649 e. The van der Waals surface area contributed by atoms with Crippen molar-refractivity contribution in [3.63, 3.8) is 0 Å². The normalized spacial score (nSPS) is 11.2. The van der Waals surface area contributed by atoms with Gasteiger partial charge in [0.15, 0.2) is 0 Å². The second-order valence-electron chi connectivity index (χ2n) is 3.91. The molecule has 1 aromatic heterocycles. The minimum Gasteiger partial charge on any atom is -0.357 e. The number of hydrogen-bond acceptors (Lipinski definition) is 1. The van der Waals surface area contributed by atoms with E-state index < -0.39 is 0 Å². The number of hydrogen-bond donors (Lipinski definition) is 2. The molecule has 0 saturated carbocycles. The molecule has 0 spiro atoms. The van der Waals surface area contributed by atoms with Crippen LogP contribution in [0.1, 0.15) is 16.8 Å². The number of fused-ring (bicyclic) bond motifs is 1. The molecule has 2 rings (SSSR count). The molecular formula is C12H15ClN2. The summed E-state index contributed by atoms with van der Waals surface area (Å²) >= 11 is 6.21. The SMILES string of the molecule is Cc1[nH]c2c(Cl)cc(CCN)cc2c1C. The van der Waals surface area contributed by atoms with Gasteiger partial charge in [-0.25, -0.2) is 0 Å². The third kappa shape index (κ3) is 1.75. The highest BCUT2D eigenvalue weighted by Gasteiger charge is 2.08. The van der Waals surface area contributed by atoms with Gasteiger partial charge in [0.2, 0.25) is 0 Å². The van der Waals surface area contributed by atoms with Crippen molar-refractivity contribution in [2.75, 3.05) is 6.54 Å². The van der Waals surface area contributed by atoms with E-state index in [1.54, 1.807) is 0 Å². The predicted molar refractivity (Wildman–Crippen MR) is 65.5 cm³/mol. The number of aromatic nitrogens is 1. The van der Waals surface area contributed by atoms with E-state index in [9.17, 15) is 0 Å². The molecular weight excluding hydrogens is 208 g/mol. The first-order valence-corrected chi connectivity index (χ1v) is 5.48. The fraction of sp³-hybridized carbons (Fsp3) is 0.333. The van der Waals surface area contributed by atoms with Crippen molar-refractivity contribution in [3.05, 3.63) is 34.0 Å². The Hall–Kier alpha value is -0.990. The van der Waals surface area contributed by atoms with Crippen LogP contribution in [0.25, 0.3) is 10.9 Å². The number of rotatable bonds is 2. The zero-order valence-corrected chi connectivity index (χ0v) is 9.78. The molecule has 1 heterocycles. The van der Waals surface area contributed by atoms with Crippen LogP contribution in [-0.4, -0.2) is 11.5 Å². The van der Waals surface area contributed by atoms with Crippen molar-refractivity contribution in [2.24, 2.45) is 5.73 Å². The molecule has 0 aliphatic heterocycles. The van der Waals surface area contributed by atoms with E-state index in [1.165, 1.54) is 22.2 Å². The molecule has 0 bridgehead atoms. The van der Waals surface area contributed by atoms with E-state index in [4.69, 9.17) is 17.3 Å². The Morgan fingerprint density at radius 2 is 2.07 bits per heavy atom. The molecule has 2 aromatic rings. The highest BCUT2D eigenvalue weighted by atomic mass is 35.5. The first kappa shape index (κ1) is 10.5. The topological polar surface area (TPSA) is 41.8 Å². The minimum atomic E-state index is 0.657. The fourth-order valence-corrected chi connectivity index (χ4v) is 2.17. The second-order valence-corrected chi connectivity index (χ2v) is 4.32. The number of H-pyrrole nitrogens is 1. The van der Waals surface area contributed by atoms with E-state index in [-0.39, 0.29) is 0 Å². The largest absolute Gasteiger partial charge is 0.357 e. The summed E-state index contributed by atoms with van der Waals surface area (Å²) in [5.41, 5.74) is 10.2. The third-order valence-corrected chi connectivity index (χ3v) is 3.16. The first-order chi connectivity index (χ1) is 7.13. The average molecular weight is 223 g/mol. The summed E-state index contributed by atoms with van der Waals surface area (Å²) in [5, 5.41) is 2.00. The van der Waals surface area contributed by atoms with Gasteiger partial charge in [-0.1, -0.05) is 11.6 Å². The maximum absolute atomic E-state index is 6.21. The summed E-state index contributed by atoms with van der Waals surface area (Å²) in [4.78, 5) is 3.30. The maximum Gasteiger partial charge on any atom is 0.0649 e. The average Bonchev–Trinajstić information content (AvgIpc) is 2.46. The molecule has 0 aliphatic rings. The molecule has 3 heteroatoms. The first-order valence-electron chi connectivity index (χ1n) is 5.11. The summed E-state index contributed by atoms with van der Waals surface area (Å²) in [7, 11) is 0. The summed E-state index contributed by atoms with van der Waals surface area (Å²) in [5.74, 6) is 0. The van der Waals surface area contributed by atoms with Crippen LogP contribution in [0.4, 0.5) is 0 Å². The Balaban J connectivity index is 2.68. The summed E-state index contributed by atoms with van der Waals surface area (Å²) < 4.78 is 0. The lowest BCUT2D eigenvalue weighted by Crippen LogP contribution is -2.02. The van der Waals surface area contributed by atoms with Crippen LogP contribution in [0, 0.1) is 13.8 Å². The highest BCUT2D eigenvalue weighted by molar-refractivity contribution is 6.35. The highest BCUT2D eigenvalue weighted by Crippen LogP contribution is 2.29. The van der Waals surface area contributed by atoms with Crippen molar-refractivity contribution < 1.29 is 0 Å². The van der Waals surface area contributed by atoms with Crippen molar-refractivity contribution in [2.45, 2.75) is 20.3 Å². The Kier molecular flexibility index (Phi) is 2.72. The van der Waals surface area contributed by atoms with E-state index in [0.29, 0.717) is 6.54 Å². The zero-order chi connectivity index (χ0) is 11.0. The van der Waals surface area contributed by atoms with Gasteiger partial charge in [-0.2, -0.15) is 0 Å². The van der Waals surface area contributed by atoms with Gasteiger partial charge in [0.05, 0.1) is 10.5 Å². The number of aryl methyl sites for hydroxylation is 2. The summed E-state index contributed by atoms with van der Waals surface area (Å²) in [6, 6.07) is 4.17. The molecule has 2 nitrogen and oxygen atoms in total. The number of nitrogens with two attached hydrogens (primary N) is 1. The van der Waals surface area contributed by atoms with Gasteiger partial charge in [-0.05, 0) is 50.1 Å². The lowest BCUT2D eigenvalue weighted by Gasteiger charge is -2.02. The van der Waals surface area contributed by atoms with Gasteiger partial charge >= 0.3 is 0 Å². The Morgan fingerprint density at radius 1 is 1.33 bits per heavy atom. The minimum absolute atomic E-state index is 0.657. The third-order valence-electron chi connectivity index (χ3n) is 2.86. The van der Waals surface area contributed by atoms with E-state index in [2.05, 4.69) is 24.9 Å². The lowest BCUT2D eigenvalue weighted by molar-refractivity contribution is 0.971. The van der Waals surface area contributed by atoms with Crippen LogP contribution in [0.15, 0.2) is 12.1 Å². The molecule has 15 heavy (non-hydrogen) atoms. The fourth-order valence-electron chi connectivity index (χ4n) is 1.88. The number of nitrogens with one attached hydrogen (secondary N) is 1. The Morgan fingerprint density at radius 3 is 2.73 bits per heavy atom. The number of benzene rings is 1. The standard InChI is InChI=1S/C12H15ClN2/c1-7-8(2)15-12-10(7)5-9(3-4-14)6-11(12)13/h5-6,15H,3-4,14H2,1-2H3. The van der Waals surface area contributed by atoms with E-state index >= 15 is 0 Å². The molecule has 0 saturated heterocycles. The van der Waals surface area contributed by atoms with Crippen molar-refractivity contribution in [1.82, 2.24) is 4.98 Å². The van der Waals surface area contributed by atoms with Crippen molar-refractivity contribution in [3.8, 4) is 0 Å². The molecule has 0 atom stereocenters. The lowest BCUT2D eigenvalue weighted by atomic mass is 10.1. The van der Waals surface area contributed by atoms with Crippen LogP contribution < -0.4 is 5.73 Å². The quantitative estimate of drug-likeness (QED) is 0.806. The Labute approximate surface area is 94.4 Å². The summed E-state index contributed by atoms with van der Waals surface area (Å²) in [6.45, 7) is 4.83. The van der Waals surface area contributed by atoms with Gasteiger partial charge in [0.25, 0.3) is 0 Å². The monoisotopic (exact) mass is 222 g/mol.